The van der Waals surface area contributed by atoms with Crippen molar-refractivity contribution in [1.82, 2.24) is 4.98 Å². The molecular formula is C11H16N2O. The molecule has 2 rings (SSSR count). The van der Waals surface area contributed by atoms with Crippen molar-refractivity contribution in [2.75, 3.05) is 11.9 Å². The monoisotopic (exact) mass is 192 g/mol. The zero-order valence-corrected chi connectivity index (χ0v) is 8.64. The van der Waals surface area contributed by atoms with Crippen molar-refractivity contribution in [3.05, 3.63) is 23.9 Å². The van der Waals surface area contributed by atoms with E-state index in [2.05, 4.69) is 16.9 Å². The van der Waals surface area contributed by atoms with Crippen molar-refractivity contribution in [2.45, 2.75) is 31.9 Å². The van der Waals surface area contributed by atoms with Crippen LogP contribution >= 0.6 is 0 Å². The lowest BCUT2D eigenvalue weighted by molar-refractivity contribution is 0.199. The smallest absolute Gasteiger partial charge is 0.128 e. The lowest BCUT2D eigenvalue weighted by Crippen LogP contribution is -2.20. The van der Waals surface area contributed by atoms with E-state index < -0.39 is 6.10 Å². The van der Waals surface area contributed by atoms with Crippen molar-refractivity contribution in [3.8, 4) is 0 Å². The Bertz CT molecular complexity index is 321. The number of nitrogens with zero attached hydrogens (tertiary/aromatic N) is 2. The lowest BCUT2D eigenvalue weighted by atomic mass is 10.2. The molecular weight excluding hydrogens is 176 g/mol. The molecule has 1 heterocycles. The topological polar surface area (TPSA) is 36.4 Å². The first-order valence-electron chi connectivity index (χ1n) is 5.05. The van der Waals surface area contributed by atoms with Crippen LogP contribution in [0.1, 0.15) is 31.4 Å². The SMILES string of the molecule is C[C@H](O)c1ccnc(N(C)C2CC2)c1. The van der Waals surface area contributed by atoms with E-state index in [1.807, 2.05) is 12.1 Å². The van der Waals surface area contributed by atoms with Crippen molar-refractivity contribution >= 4 is 5.82 Å². The molecule has 1 aliphatic rings. The van der Waals surface area contributed by atoms with E-state index >= 15 is 0 Å². The second-order valence-electron chi connectivity index (χ2n) is 3.97. The Morgan fingerprint density at radius 1 is 1.57 bits per heavy atom. The summed E-state index contributed by atoms with van der Waals surface area (Å²) in [7, 11) is 2.06. The van der Waals surface area contributed by atoms with Crippen molar-refractivity contribution in [2.24, 2.45) is 0 Å². The summed E-state index contributed by atoms with van der Waals surface area (Å²) in [5.41, 5.74) is 0.933. The molecule has 0 bridgehead atoms. The molecule has 0 aromatic carbocycles. The van der Waals surface area contributed by atoms with Crippen molar-refractivity contribution in [1.29, 1.82) is 0 Å². The van der Waals surface area contributed by atoms with Crippen LogP contribution in [-0.2, 0) is 0 Å². The molecule has 1 aromatic rings. The minimum absolute atomic E-state index is 0.413. The van der Waals surface area contributed by atoms with Crippen molar-refractivity contribution < 1.29 is 5.11 Å². The number of aliphatic hydroxyl groups excluding tert-OH is 1. The van der Waals surface area contributed by atoms with Gasteiger partial charge in [0, 0.05) is 19.3 Å². The van der Waals surface area contributed by atoms with Gasteiger partial charge in [-0.1, -0.05) is 0 Å². The summed E-state index contributed by atoms with van der Waals surface area (Å²) in [6.45, 7) is 1.77. The highest BCUT2D eigenvalue weighted by molar-refractivity contribution is 5.43. The van der Waals surface area contributed by atoms with Gasteiger partial charge in [-0.25, -0.2) is 4.98 Å². The van der Waals surface area contributed by atoms with Gasteiger partial charge < -0.3 is 10.0 Å². The molecule has 1 aliphatic carbocycles. The van der Waals surface area contributed by atoms with E-state index in [9.17, 15) is 5.11 Å². The van der Waals surface area contributed by atoms with Gasteiger partial charge in [0.2, 0.25) is 0 Å². The fourth-order valence-corrected chi connectivity index (χ4v) is 1.54. The molecule has 0 aliphatic heterocycles. The minimum Gasteiger partial charge on any atom is -0.389 e. The number of anilines is 1. The van der Waals surface area contributed by atoms with Crippen LogP contribution in [-0.4, -0.2) is 23.2 Å². The molecule has 1 atom stereocenters. The van der Waals surface area contributed by atoms with Crippen LogP contribution in [0.15, 0.2) is 18.3 Å². The van der Waals surface area contributed by atoms with Gasteiger partial charge in [0.15, 0.2) is 0 Å². The van der Waals surface area contributed by atoms with Gasteiger partial charge in [-0.05, 0) is 37.5 Å². The standard InChI is InChI=1S/C11H16N2O/c1-8(14)9-5-6-12-11(7-9)13(2)10-3-4-10/h5-8,10,14H,3-4H2,1-2H3/t8-/m0/s1. The van der Waals surface area contributed by atoms with Crippen LogP contribution in [0.25, 0.3) is 0 Å². The van der Waals surface area contributed by atoms with Crippen LogP contribution in [0.4, 0.5) is 5.82 Å². The molecule has 0 unspecified atom stereocenters. The largest absolute Gasteiger partial charge is 0.389 e. The summed E-state index contributed by atoms with van der Waals surface area (Å²) in [6, 6.07) is 4.48. The van der Waals surface area contributed by atoms with Crippen LogP contribution < -0.4 is 4.90 Å². The fraction of sp³-hybridized carbons (Fsp3) is 0.545. The average molecular weight is 192 g/mol. The Labute approximate surface area is 84.4 Å². The highest BCUT2D eigenvalue weighted by Gasteiger charge is 2.27. The normalized spacial score (nSPS) is 17.9. The van der Waals surface area contributed by atoms with Gasteiger partial charge in [-0.2, -0.15) is 0 Å². The molecule has 3 heteroatoms. The molecule has 0 amide bonds. The maximum Gasteiger partial charge on any atom is 0.128 e. The van der Waals surface area contributed by atoms with Crippen LogP contribution in [0.2, 0.25) is 0 Å². The van der Waals surface area contributed by atoms with E-state index in [1.54, 1.807) is 13.1 Å². The Hall–Kier alpha value is -1.09. The minimum atomic E-state index is -0.413. The predicted octanol–water partition coefficient (Wildman–Crippen LogP) is 1.73. The molecule has 1 N–H and O–H groups in total. The third-order valence-corrected chi connectivity index (χ3v) is 2.71. The Morgan fingerprint density at radius 2 is 2.29 bits per heavy atom. The molecule has 14 heavy (non-hydrogen) atoms. The predicted molar refractivity (Wildman–Crippen MR) is 56.3 cm³/mol. The first kappa shape index (κ1) is 9.46. The Morgan fingerprint density at radius 3 is 2.86 bits per heavy atom. The summed E-state index contributed by atoms with van der Waals surface area (Å²) in [5, 5.41) is 9.44. The molecule has 1 aromatic heterocycles. The number of aliphatic hydroxyl groups is 1. The second kappa shape index (κ2) is 3.58. The van der Waals surface area contributed by atoms with Crippen molar-refractivity contribution in [3.63, 3.8) is 0 Å². The van der Waals surface area contributed by atoms with E-state index in [0.29, 0.717) is 6.04 Å². The second-order valence-corrected chi connectivity index (χ2v) is 3.97. The molecule has 3 nitrogen and oxygen atoms in total. The van der Waals surface area contributed by atoms with Crippen LogP contribution in [0, 0.1) is 0 Å². The van der Waals surface area contributed by atoms with Gasteiger partial charge in [0.25, 0.3) is 0 Å². The summed E-state index contributed by atoms with van der Waals surface area (Å²) in [4.78, 5) is 6.48. The summed E-state index contributed by atoms with van der Waals surface area (Å²) >= 11 is 0. The van der Waals surface area contributed by atoms with Crippen LogP contribution in [0.3, 0.4) is 0 Å². The molecule has 0 radical (unpaired) electrons. The lowest BCUT2D eigenvalue weighted by Gasteiger charge is -2.18. The molecule has 76 valence electrons. The van der Waals surface area contributed by atoms with E-state index in [-0.39, 0.29) is 0 Å². The zero-order chi connectivity index (χ0) is 10.1. The van der Waals surface area contributed by atoms with Gasteiger partial charge in [-0.3, -0.25) is 0 Å². The zero-order valence-electron chi connectivity index (χ0n) is 8.64. The number of aromatic nitrogens is 1. The summed E-state index contributed by atoms with van der Waals surface area (Å²) in [6.07, 6.45) is 3.87. The third kappa shape index (κ3) is 1.87. The average Bonchev–Trinajstić information content (AvgIpc) is 3.00. The third-order valence-electron chi connectivity index (χ3n) is 2.71. The summed E-state index contributed by atoms with van der Waals surface area (Å²) in [5.74, 6) is 0.964. The Balaban J connectivity index is 2.20. The van der Waals surface area contributed by atoms with E-state index in [0.717, 1.165) is 11.4 Å². The number of hydrogen-bond acceptors (Lipinski definition) is 3. The maximum absolute atomic E-state index is 9.44. The molecule has 0 spiro atoms. The van der Waals surface area contributed by atoms with Gasteiger partial charge in [-0.15, -0.1) is 0 Å². The highest BCUT2D eigenvalue weighted by atomic mass is 16.3. The fourth-order valence-electron chi connectivity index (χ4n) is 1.54. The highest BCUT2D eigenvalue weighted by Crippen LogP contribution is 2.29. The molecule has 1 saturated carbocycles. The number of rotatable bonds is 3. The van der Waals surface area contributed by atoms with E-state index in [4.69, 9.17) is 0 Å². The molecule has 1 fully saturated rings. The Kier molecular flexibility index (Phi) is 2.42. The van der Waals surface area contributed by atoms with Gasteiger partial charge in [0.05, 0.1) is 6.10 Å². The first-order valence-corrected chi connectivity index (χ1v) is 5.05. The van der Waals surface area contributed by atoms with E-state index in [1.165, 1.54) is 12.8 Å². The van der Waals surface area contributed by atoms with Gasteiger partial charge >= 0.3 is 0 Å². The van der Waals surface area contributed by atoms with Gasteiger partial charge in [0.1, 0.15) is 5.82 Å². The van der Waals surface area contributed by atoms with Crippen LogP contribution in [0.5, 0.6) is 0 Å². The number of hydrogen-bond donors (Lipinski definition) is 1. The summed E-state index contributed by atoms with van der Waals surface area (Å²) < 4.78 is 0. The molecule has 0 saturated heterocycles. The number of pyridine rings is 1. The first-order chi connectivity index (χ1) is 6.68. The quantitative estimate of drug-likeness (QED) is 0.792. The maximum atomic E-state index is 9.44.